The zero-order valence-electron chi connectivity index (χ0n) is 12.3. The third-order valence-electron chi connectivity index (χ3n) is 2.75. The molecule has 5 heteroatoms. The Morgan fingerprint density at radius 3 is 2.90 bits per heavy atom. The Balaban J connectivity index is 1.99. The molecule has 2 rings (SSSR count). The topological polar surface area (TPSA) is 51.2 Å². The monoisotopic (exact) mass is 292 g/mol. The molecule has 0 aliphatic heterocycles. The predicted octanol–water partition coefficient (Wildman–Crippen LogP) is 3.75. The minimum absolute atomic E-state index is 0.0116. The first-order chi connectivity index (χ1) is 9.35. The Morgan fingerprint density at radius 1 is 1.45 bits per heavy atom. The number of carbonyl (C=O) groups excluding carboxylic acids is 1. The summed E-state index contributed by atoms with van der Waals surface area (Å²) in [5, 5.41) is 4.01. The first-order valence-corrected chi connectivity index (χ1v) is 7.44. The number of aromatic nitrogens is 1. The molecule has 0 saturated heterocycles. The molecule has 0 bridgehead atoms. The molecule has 0 saturated carbocycles. The molecule has 108 valence electrons. The molecule has 1 amide bonds. The fourth-order valence-electron chi connectivity index (χ4n) is 2.00. The SMILES string of the molecule is CC(Cc1cccc2cnsc12)NC(=O)OC(C)(C)C. The number of hydrogen-bond donors (Lipinski definition) is 1. The van der Waals surface area contributed by atoms with Crippen LogP contribution in [0.3, 0.4) is 0 Å². The van der Waals surface area contributed by atoms with Gasteiger partial charge in [0.1, 0.15) is 5.60 Å². The van der Waals surface area contributed by atoms with Gasteiger partial charge in [0.25, 0.3) is 0 Å². The predicted molar refractivity (Wildman–Crippen MR) is 82.2 cm³/mol. The summed E-state index contributed by atoms with van der Waals surface area (Å²) >= 11 is 1.49. The van der Waals surface area contributed by atoms with E-state index in [9.17, 15) is 4.79 Å². The average Bonchev–Trinajstić information content (AvgIpc) is 2.74. The summed E-state index contributed by atoms with van der Waals surface area (Å²) in [6.07, 6.45) is 2.26. The largest absolute Gasteiger partial charge is 0.444 e. The number of nitrogens with zero attached hydrogens (tertiary/aromatic N) is 1. The molecule has 1 atom stereocenters. The number of amides is 1. The van der Waals surface area contributed by atoms with Crippen molar-refractivity contribution < 1.29 is 9.53 Å². The average molecular weight is 292 g/mol. The van der Waals surface area contributed by atoms with E-state index >= 15 is 0 Å². The van der Waals surface area contributed by atoms with Crippen LogP contribution in [0.1, 0.15) is 33.3 Å². The molecule has 4 nitrogen and oxygen atoms in total. The lowest BCUT2D eigenvalue weighted by Gasteiger charge is -2.22. The summed E-state index contributed by atoms with van der Waals surface area (Å²) in [5.74, 6) is 0. The number of benzene rings is 1. The van der Waals surface area contributed by atoms with E-state index in [2.05, 4.69) is 15.8 Å². The van der Waals surface area contributed by atoms with E-state index in [1.54, 1.807) is 0 Å². The van der Waals surface area contributed by atoms with Gasteiger partial charge in [0.2, 0.25) is 0 Å². The number of fused-ring (bicyclic) bond motifs is 1. The Bertz CT molecular complexity index is 601. The van der Waals surface area contributed by atoms with Crippen LogP contribution >= 0.6 is 11.5 Å². The maximum Gasteiger partial charge on any atom is 0.407 e. The molecule has 20 heavy (non-hydrogen) atoms. The van der Waals surface area contributed by atoms with Crippen molar-refractivity contribution in [3.63, 3.8) is 0 Å². The minimum Gasteiger partial charge on any atom is -0.444 e. The summed E-state index contributed by atoms with van der Waals surface area (Å²) in [6.45, 7) is 7.55. The van der Waals surface area contributed by atoms with Crippen LogP contribution in [0.2, 0.25) is 0 Å². The smallest absolute Gasteiger partial charge is 0.407 e. The van der Waals surface area contributed by atoms with E-state index < -0.39 is 5.60 Å². The van der Waals surface area contributed by atoms with Crippen LogP contribution in [-0.4, -0.2) is 22.1 Å². The van der Waals surface area contributed by atoms with Gasteiger partial charge in [0, 0.05) is 17.6 Å². The van der Waals surface area contributed by atoms with Gasteiger partial charge >= 0.3 is 6.09 Å². The van der Waals surface area contributed by atoms with Gasteiger partial charge in [-0.1, -0.05) is 18.2 Å². The molecule has 1 unspecified atom stereocenters. The van der Waals surface area contributed by atoms with Crippen molar-refractivity contribution in [1.82, 2.24) is 9.69 Å². The molecule has 0 spiro atoms. The van der Waals surface area contributed by atoms with E-state index in [0.717, 1.165) is 11.8 Å². The molecular weight excluding hydrogens is 272 g/mol. The molecular formula is C15H20N2O2S. The number of rotatable bonds is 3. The van der Waals surface area contributed by atoms with Crippen LogP contribution in [-0.2, 0) is 11.2 Å². The first-order valence-electron chi connectivity index (χ1n) is 6.67. The van der Waals surface area contributed by atoms with Crippen LogP contribution in [0, 0.1) is 0 Å². The maximum absolute atomic E-state index is 11.7. The lowest BCUT2D eigenvalue weighted by atomic mass is 10.1. The number of nitrogens with one attached hydrogen (secondary N) is 1. The summed E-state index contributed by atoms with van der Waals surface area (Å²) in [6, 6.07) is 6.16. The van der Waals surface area contributed by atoms with Gasteiger partial charge < -0.3 is 10.1 Å². The van der Waals surface area contributed by atoms with Crippen LogP contribution in [0.25, 0.3) is 10.1 Å². The normalized spacial score (nSPS) is 13.2. The zero-order chi connectivity index (χ0) is 14.8. The van der Waals surface area contributed by atoms with Crippen molar-refractivity contribution in [3.05, 3.63) is 30.0 Å². The third kappa shape index (κ3) is 3.93. The van der Waals surface area contributed by atoms with E-state index in [1.807, 2.05) is 46.0 Å². The molecule has 1 N–H and O–H groups in total. The Hall–Kier alpha value is -1.62. The van der Waals surface area contributed by atoms with Gasteiger partial charge in [0.15, 0.2) is 0 Å². The highest BCUT2D eigenvalue weighted by molar-refractivity contribution is 7.13. The second kappa shape index (κ2) is 5.79. The van der Waals surface area contributed by atoms with Crippen molar-refractivity contribution in [2.24, 2.45) is 0 Å². The number of ether oxygens (including phenoxy) is 1. The second-order valence-corrected chi connectivity index (χ2v) is 6.71. The first kappa shape index (κ1) is 14.8. The lowest BCUT2D eigenvalue weighted by Crippen LogP contribution is -2.38. The van der Waals surface area contributed by atoms with E-state index in [4.69, 9.17) is 4.74 Å². The summed E-state index contributed by atoms with van der Waals surface area (Å²) < 4.78 is 10.7. The third-order valence-corrected chi connectivity index (χ3v) is 3.64. The fourth-order valence-corrected chi connectivity index (χ4v) is 2.77. The van der Waals surface area contributed by atoms with E-state index in [1.165, 1.54) is 21.8 Å². The highest BCUT2D eigenvalue weighted by Crippen LogP contribution is 2.23. The van der Waals surface area contributed by atoms with Gasteiger partial charge in [0.05, 0.1) is 4.70 Å². The molecule has 0 radical (unpaired) electrons. The van der Waals surface area contributed by atoms with Crippen LogP contribution < -0.4 is 5.32 Å². The van der Waals surface area contributed by atoms with Gasteiger partial charge in [-0.15, -0.1) is 0 Å². The van der Waals surface area contributed by atoms with E-state index in [0.29, 0.717) is 0 Å². The molecule has 0 aliphatic carbocycles. The molecule has 1 aromatic carbocycles. The lowest BCUT2D eigenvalue weighted by molar-refractivity contribution is 0.0508. The zero-order valence-corrected chi connectivity index (χ0v) is 13.1. The van der Waals surface area contributed by atoms with Crippen molar-refractivity contribution >= 4 is 27.7 Å². The highest BCUT2D eigenvalue weighted by Gasteiger charge is 2.18. The number of hydrogen-bond acceptors (Lipinski definition) is 4. The second-order valence-electron chi connectivity index (χ2n) is 5.91. The van der Waals surface area contributed by atoms with Crippen LogP contribution in [0.4, 0.5) is 4.79 Å². The molecule has 1 aromatic heterocycles. The van der Waals surface area contributed by atoms with Crippen molar-refractivity contribution in [2.45, 2.75) is 45.8 Å². The Morgan fingerprint density at radius 2 is 2.20 bits per heavy atom. The molecule has 1 heterocycles. The maximum atomic E-state index is 11.7. The molecule has 0 aliphatic rings. The van der Waals surface area contributed by atoms with Crippen molar-refractivity contribution in [2.75, 3.05) is 0 Å². The molecule has 0 fully saturated rings. The van der Waals surface area contributed by atoms with Gasteiger partial charge in [-0.2, -0.15) is 4.37 Å². The van der Waals surface area contributed by atoms with Gasteiger partial charge in [-0.3, -0.25) is 0 Å². The van der Waals surface area contributed by atoms with E-state index in [-0.39, 0.29) is 12.1 Å². The highest BCUT2D eigenvalue weighted by atomic mass is 32.1. The summed E-state index contributed by atoms with van der Waals surface area (Å²) in [4.78, 5) is 11.7. The van der Waals surface area contributed by atoms with Crippen LogP contribution in [0.15, 0.2) is 24.4 Å². The van der Waals surface area contributed by atoms with Gasteiger partial charge in [-0.25, -0.2) is 4.79 Å². The van der Waals surface area contributed by atoms with Crippen LogP contribution in [0.5, 0.6) is 0 Å². The quantitative estimate of drug-likeness (QED) is 0.937. The Kier molecular flexibility index (Phi) is 4.28. The Labute approximate surface area is 123 Å². The minimum atomic E-state index is -0.471. The summed E-state index contributed by atoms with van der Waals surface area (Å²) in [7, 11) is 0. The van der Waals surface area contributed by atoms with Gasteiger partial charge in [-0.05, 0) is 51.2 Å². The number of alkyl carbamates (subject to hydrolysis) is 1. The molecule has 2 aromatic rings. The fraction of sp³-hybridized carbons (Fsp3) is 0.467. The van der Waals surface area contributed by atoms with Crippen molar-refractivity contribution in [3.8, 4) is 0 Å². The number of carbonyl (C=O) groups is 1. The van der Waals surface area contributed by atoms with Crippen molar-refractivity contribution in [1.29, 1.82) is 0 Å². The summed E-state index contributed by atoms with van der Waals surface area (Å²) in [5.41, 5.74) is 0.732. The standard InChI is InChI=1S/C15H20N2O2S/c1-10(17-14(18)19-15(2,3)4)8-11-6-5-7-12-9-16-20-13(11)12/h5-7,9-10H,8H2,1-4H3,(H,17,18).